The van der Waals surface area contributed by atoms with E-state index in [1.54, 1.807) is 10.6 Å². The maximum atomic E-state index is 10.8. The highest BCUT2D eigenvalue weighted by atomic mass is 16.4. The number of rotatable bonds is 6. The first-order valence-electron chi connectivity index (χ1n) is 9.64. The summed E-state index contributed by atoms with van der Waals surface area (Å²) < 4.78 is 1.66. The van der Waals surface area contributed by atoms with Crippen LogP contribution in [-0.4, -0.2) is 31.1 Å². The van der Waals surface area contributed by atoms with Gasteiger partial charge in [0.05, 0.1) is 0 Å². The van der Waals surface area contributed by atoms with E-state index in [0.29, 0.717) is 5.65 Å². The van der Waals surface area contributed by atoms with Crippen molar-refractivity contribution in [2.45, 2.75) is 13.3 Å². The lowest BCUT2D eigenvalue weighted by atomic mass is 9.88. The number of hydrogen-bond donors (Lipinski definition) is 1. The molecule has 2 aromatic heterocycles. The Morgan fingerprint density at radius 2 is 1.70 bits per heavy atom. The van der Waals surface area contributed by atoms with Crippen molar-refractivity contribution in [3.8, 4) is 0 Å². The van der Waals surface area contributed by atoms with Crippen molar-refractivity contribution in [2.24, 2.45) is 0 Å². The summed E-state index contributed by atoms with van der Waals surface area (Å²) in [4.78, 5) is 10.8. The van der Waals surface area contributed by atoms with Gasteiger partial charge in [0.25, 0.3) is 0 Å². The van der Waals surface area contributed by atoms with Crippen molar-refractivity contribution in [1.29, 1.82) is 0 Å². The SMILES string of the molecule is CC/C(=C(/c1ccc(/C=C/C(=O)O)cc1)c1ccc2nnnn2c1)c1ccccc1. The van der Waals surface area contributed by atoms with Gasteiger partial charge in [-0.1, -0.05) is 61.5 Å². The normalized spacial score (nSPS) is 12.3. The molecule has 148 valence electrons. The second kappa shape index (κ2) is 8.53. The summed E-state index contributed by atoms with van der Waals surface area (Å²) >= 11 is 0. The van der Waals surface area contributed by atoms with Crippen LogP contribution < -0.4 is 0 Å². The molecule has 0 spiro atoms. The molecular formula is C24H20N4O2. The van der Waals surface area contributed by atoms with Crippen LogP contribution in [0.3, 0.4) is 0 Å². The van der Waals surface area contributed by atoms with Gasteiger partial charge in [-0.25, -0.2) is 9.31 Å². The predicted molar refractivity (Wildman–Crippen MR) is 117 cm³/mol. The number of pyridine rings is 1. The Balaban J connectivity index is 1.89. The second-order valence-corrected chi connectivity index (χ2v) is 6.77. The molecule has 0 saturated heterocycles. The van der Waals surface area contributed by atoms with Crippen LogP contribution >= 0.6 is 0 Å². The summed E-state index contributed by atoms with van der Waals surface area (Å²) in [6.07, 6.45) is 5.49. The third-order valence-electron chi connectivity index (χ3n) is 4.88. The Morgan fingerprint density at radius 3 is 2.40 bits per heavy atom. The lowest BCUT2D eigenvalue weighted by Gasteiger charge is -2.16. The average Bonchev–Trinajstić information content (AvgIpc) is 3.25. The lowest BCUT2D eigenvalue weighted by Crippen LogP contribution is -1.98. The van der Waals surface area contributed by atoms with Gasteiger partial charge in [0.15, 0.2) is 5.65 Å². The maximum Gasteiger partial charge on any atom is 0.328 e. The van der Waals surface area contributed by atoms with E-state index in [-0.39, 0.29) is 0 Å². The van der Waals surface area contributed by atoms with E-state index in [1.807, 2.05) is 60.8 Å². The third kappa shape index (κ3) is 4.03. The van der Waals surface area contributed by atoms with Crippen LogP contribution in [0.5, 0.6) is 0 Å². The quantitative estimate of drug-likeness (QED) is 0.381. The van der Waals surface area contributed by atoms with E-state index in [2.05, 4.69) is 34.6 Å². The largest absolute Gasteiger partial charge is 0.478 e. The van der Waals surface area contributed by atoms with Crippen molar-refractivity contribution >= 4 is 28.8 Å². The van der Waals surface area contributed by atoms with Gasteiger partial charge in [-0.2, -0.15) is 0 Å². The number of aliphatic carboxylic acids is 1. The molecule has 4 rings (SSSR count). The van der Waals surface area contributed by atoms with Crippen LogP contribution in [-0.2, 0) is 4.79 Å². The van der Waals surface area contributed by atoms with Crippen molar-refractivity contribution in [3.63, 3.8) is 0 Å². The van der Waals surface area contributed by atoms with E-state index in [9.17, 15) is 4.79 Å². The molecule has 0 amide bonds. The molecule has 0 saturated carbocycles. The first-order chi connectivity index (χ1) is 14.7. The molecule has 0 aliphatic heterocycles. The van der Waals surface area contributed by atoms with Gasteiger partial charge < -0.3 is 5.11 Å². The Labute approximate surface area is 173 Å². The zero-order chi connectivity index (χ0) is 20.9. The van der Waals surface area contributed by atoms with Gasteiger partial charge in [0, 0.05) is 17.8 Å². The van der Waals surface area contributed by atoms with E-state index in [1.165, 1.54) is 5.57 Å². The van der Waals surface area contributed by atoms with Gasteiger partial charge in [0.2, 0.25) is 0 Å². The van der Waals surface area contributed by atoms with Crippen LogP contribution in [0.1, 0.15) is 35.6 Å². The first-order valence-corrected chi connectivity index (χ1v) is 9.64. The number of hydrogen-bond acceptors (Lipinski definition) is 4. The molecule has 0 fully saturated rings. The summed E-state index contributed by atoms with van der Waals surface area (Å²) in [5.41, 5.74) is 7.01. The minimum Gasteiger partial charge on any atom is -0.478 e. The first kappa shape index (κ1) is 19.3. The summed E-state index contributed by atoms with van der Waals surface area (Å²) in [5.74, 6) is -0.966. The standard InChI is InChI=1S/C24H20N4O2/c1-2-21(18-6-4-3-5-7-18)24(20-13-14-22-25-26-27-28(22)16-20)19-11-8-17(9-12-19)10-15-23(29)30/h3-16H,2H2,1H3,(H,29,30)/b15-10+,24-21+. The Kier molecular flexibility index (Phi) is 5.48. The number of tetrazole rings is 1. The molecule has 6 heteroatoms. The molecular weight excluding hydrogens is 376 g/mol. The van der Waals surface area contributed by atoms with Gasteiger partial charge in [0.1, 0.15) is 0 Å². The van der Waals surface area contributed by atoms with Crippen LogP contribution in [0, 0.1) is 0 Å². The number of carboxylic acids is 1. The smallest absolute Gasteiger partial charge is 0.328 e. The van der Waals surface area contributed by atoms with Gasteiger partial charge >= 0.3 is 5.97 Å². The van der Waals surface area contributed by atoms with Crippen molar-refractivity contribution < 1.29 is 9.90 Å². The topological polar surface area (TPSA) is 80.4 Å². The molecule has 4 aromatic rings. The van der Waals surface area contributed by atoms with Crippen LogP contribution in [0.2, 0.25) is 0 Å². The van der Waals surface area contributed by atoms with E-state index < -0.39 is 5.97 Å². The number of carboxylic acid groups (broad SMARTS) is 1. The lowest BCUT2D eigenvalue weighted by molar-refractivity contribution is -0.131. The number of nitrogens with zero attached hydrogens (tertiary/aromatic N) is 4. The third-order valence-corrected chi connectivity index (χ3v) is 4.88. The maximum absolute atomic E-state index is 10.8. The number of carbonyl (C=O) groups is 1. The molecule has 30 heavy (non-hydrogen) atoms. The van der Waals surface area contributed by atoms with Crippen molar-refractivity contribution in [3.05, 3.63) is 101 Å². The molecule has 1 N–H and O–H groups in total. The number of allylic oxidation sites excluding steroid dienone is 1. The fourth-order valence-corrected chi connectivity index (χ4v) is 3.50. The number of aromatic nitrogens is 4. The Morgan fingerprint density at radius 1 is 0.967 bits per heavy atom. The molecule has 2 heterocycles. The van der Waals surface area contributed by atoms with Gasteiger partial charge in [-0.15, -0.1) is 5.10 Å². The molecule has 6 nitrogen and oxygen atoms in total. The molecule has 0 radical (unpaired) electrons. The van der Waals surface area contributed by atoms with Crippen molar-refractivity contribution in [1.82, 2.24) is 20.0 Å². The average molecular weight is 396 g/mol. The van der Waals surface area contributed by atoms with E-state index in [4.69, 9.17) is 5.11 Å². The zero-order valence-corrected chi connectivity index (χ0v) is 16.4. The molecule has 0 bridgehead atoms. The highest BCUT2D eigenvalue weighted by Crippen LogP contribution is 2.34. The number of benzene rings is 2. The zero-order valence-electron chi connectivity index (χ0n) is 16.4. The Hall–Kier alpha value is -4.06. The second-order valence-electron chi connectivity index (χ2n) is 6.77. The summed E-state index contributed by atoms with van der Waals surface area (Å²) in [5, 5.41) is 20.6. The minimum atomic E-state index is -0.966. The predicted octanol–water partition coefficient (Wildman–Crippen LogP) is 4.59. The van der Waals surface area contributed by atoms with Gasteiger partial charge in [-0.05, 0) is 62.9 Å². The highest BCUT2D eigenvalue weighted by Gasteiger charge is 2.14. The molecule has 2 aromatic carbocycles. The van der Waals surface area contributed by atoms with E-state index >= 15 is 0 Å². The molecule has 0 unspecified atom stereocenters. The highest BCUT2D eigenvalue weighted by molar-refractivity contribution is 5.98. The summed E-state index contributed by atoms with van der Waals surface area (Å²) in [6.45, 7) is 2.14. The number of fused-ring (bicyclic) bond motifs is 1. The minimum absolute atomic E-state index is 0.685. The summed E-state index contributed by atoms with van der Waals surface area (Å²) in [6, 6.07) is 22.1. The molecule has 0 aliphatic carbocycles. The molecule has 0 aliphatic rings. The van der Waals surface area contributed by atoms with Crippen LogP contribution in [0.4, 0.5) is 0 Å². The van der Waals surface area contributed by atoms with Crippen LogP contribution in [0.15, 0.2) is 79.0 Å². The fourth-order valence-electron chi connectivity index (χ4n) is 3.50. The monoisotopic (exact) mass is 396 g/mol. The fraction of sp³-hybridized carbons (Fsp3) is 0.0833. The van der Waals surface area contributed by atoms with Gasteiger partial charge in [-0.3, -0.25) is 0 Å². The van der Waals surface area contributed by atoms with Crippen molar-refractivity contribution in [2.75, 3.05) is 0 Å². The van der Waals surface area contributed by atoms with E-state index in [0.717, 1.165) is 40.3 Å². The summed E-state index contributed by atoms with van der Waals surface area (Å²) in [7, 11) is 0. The van der Waals surface area contributed by atoms with Crippen LogP contribution in [0.25, 0.3) is 22.9 Å². The molecule has 0 atom stereocenters. The Bertz CT molecular complexity index is 1240.